The average molecular weight is 565 g/mol. The zero-order chi connectivity index (χ0) is 27.5. The van der Waals surface area contributed by atoms with Crippen LogP contribution in [0.2, 0.25) is 0 Å². The fourth-order valence-electron chi connectivity index (χ4n) is 2.46. The lowest BCUT2D eigenvalue weighted by Crippen LogP contribution is -2.36. The first kappa shape index (κ1) is 38.0. The summed E-state index contributed by atoms with van der Waals surface area (Å²) in [7, 11) is 0. The van der Waals surface area contributed by atoms with Crippen LogP contribution < -0.4 is 10.6 Å². The molecule has 2 amide bonds. The van der Waals surface area contributed by atoms with Gasteiger partial charge in [-0.15, -0.1) is 0 Å². The number of halogens is 1. The number of rotatable bonds is 8. The molecular weight excluding hydrogens is 514 g/mol. The normalized spacial score (nSPS) is 13.5. The highest BCUT2D eigenvalue weighted by molar-refractivity contribution is 9.09. The summed E-state index contributed by atoms with van der Waals surface area (Å²) in [4.78, 5) is 23.3. The van der Waals surface area contributed by atoms with Crippen molar-refractivity contribution in [1.29, 1.82) is 0 Å². The number of aliphatic hydroxyl groups is 3. The monoisotopic (exact) mass is 563 g/mol. The third kappa shape index (κ3) is 28.6. The third-order valence-electron chi connectivity index (χ3n) is 3.99. The molecule has 1 heterocycles. The summed E-state index contributed by atoms with van der Waals surface area (Å²) in [6.07, 6.45) is 3.55. The van der Waals surface area contributed by atoms with E-state index < -0.39 is 18.6 Å². The number of amides is 2. The summed E-state index contributed by atoms with van der Waals surface area (Å²) in [6.45, 7) is 14.9. The van der Waals surface area contributed by atoms with Crippen molar-refractivity contribution in [3.05, 3.63) is 35.9 Å². The molecule has 0 bridgehead atoms. The van der Waals surface area contributed by atoms with Crippen molar-refractivity contribution in [2.24, 2.45) is 0 Å². The SMILES string of the molecule is CC.CC(CO)NC(=O)CO.CCC.C[C@@H](O)CNC(=O)CBr.c1ccc(CN2CCCC2)cc1. The Kier molecular flexibility index (Phi) is 31.2. The fraction of sp³-hybridized carbons (Fsp3) is 0.692. The maximum atomic E-state index is 10.4. The number of hydrogen-bond acceptors (Lipinski definition) is 6. The van der Waals surface area contributed by atoms with Crippen LogP contribution in [-0.4, -0.2) is 82.4 Å². The first-order chi connectivity index (χ1) is 16.7. The van der Waals surface area contributed by atoms with Crippen molar-refractivity contribution in [2.75, 3.05) is 38.2 Å². The zero-order valence-electron chi connectivity index (χ0n) is 22.6. The van der Waals surface area contributed by atoms with Gasteiger partial charge >= 0.3 is 0 Å². The summed E-state index contributed by atoms with van der Waals surface area (Å²) in [5.74, 6) is -0.563. The lowest BCUT2D eigenvalue weighted by atomic mass is 10.2. The Morgan fingerprint density at radius 3 is 1.94 bits per heavy atom. The van der Waals surface area contributed by atoms with E-state index in [2.05, 4.69) is 75.6 Å². The highest BCUT2D eigenvalue weighted by atomic mass is 79.9. The maximum Gasteiger partial charge on any atom is 0.245 e. The summed E-state index contributed by atoms with van der Waals surface area (Å²) in [5, 5.41) is 30.4. The number of benzene rings is 1. The van der Waals surface area contributed by atoms with Crippen LogP contribution in [0.4, 0.5) is 0 Å². The molecule has 2 atom stereocenters. The van der Waals surface area contributed by atoms with Gasteiger partial charge in [0.1, 0.15) is 6.61 Å². The smallest absolute Gasteiger partial charge is 0.245 e. The second-order valence-corrected chi connectivity index (χ2v) is 8.33. The van der Waals surface area contributed by atoms with Crippen molar-refractivity contribution in [1.82, 2.24) is 15.5 Å². The molecular formula is C26H50BrN3O5. The fourth-order valence-corrected chi connectivity index (χ4v) is 2.66. The first-order valence-electron chi connectivity index (χ1n) is 12.5. The minimum atomic E-state index is -0.523. The minimum Gasteiger partial charge on any atom is -0.394 e. The van der Waals surface area contributed by atoms with Crippen LogP contribution in [0.3, 0.4) is 0 Å². The van der Waals surface area contributed by atoms with Crippen LogP contribution in [0.5, 0.6) is 0 Å². The van der Waals surface area contributed by atoms with Gasteiger partial charge in [-0.05, 0) is 45.3 Å². The van der Waals surface area contributed by atoms with Gasteiger partial charge in [-0.2, -0.15) is 0 Å². The molecule has 0 radical (unpaired) electrons. The molecule has 1 aliphatic rings. The van der Waals surface area contributed by atoms with E-state index in [1.54, 1.807) is 13.8 Å². The van der Waals surface area contributed by atoms with Crippen molar-refractivity contribution < 1.29 is 24.9 Å². The average Bonchev–Trinajstić information content (AvgIpc) is 3.38. The Bertz CT molecular complexity index is 586. The van der Waals surface area contributed by atoms with Crippen LogP contribution in [0.15, 0.2) is 30.3 Å². The van der Waals surface area contributed by atoms with E-state index in [1.165, 1.54) is 37.9 Å². The van der Waals surface area contributed by atoms with E-state index in [0.717, 1.165) is 6.54 Å². The molecule has 1 aliphatic heterocycles. The standard InChI is InChI=1S/C11H15N.C5H10BrNO2.C5H11NO3.C3H8.C2H6/c1-2-6-11(7-3-1)10-12-8-4-5-9-12;1-4(8)3-7-5(9)2-6;1-4(2-7)6-5(9)3-8;1-3-2;1-2/h1-3,6-7H,4-5,8-10H2;4,8H,2-3H2,1H3,(H,7,9);4,7-8H,2-3H2,1H3,(H,6,9);3H2,1-2H3;1-2H3/t;4-;;;/m.1.../s1. The number of likely N-dealkylation sites (tertiary alicyclic amines) is 1. The van der Waals surface area contributed by atoms with E-state index in [4.69, 9.17) is 15.3 Å². The van der Waals surface area contributed by atoms with Crippen LogP contribution in [0.1, 0.15) is 66.4 Å². The highest BCUT2D eigenvalue weighted by Gasteiger charge is 2.10. The summed E-state index contributed by atoms with van der Waals surface area (Å²) in [5.41, 5.74) is 1.44. The molecule has 1 aromatic carbocycles. The molecule has 35 heavy (non-hydrogen) atoms. The van der Waals surface area contributed by atoms with Crippen LogP contribution in [-0.2, 0) is 16.1 Å². The number of aliphatic hydroxyl groups excluding tert-OH is 3. The zero-order valence-corrected chi connectivity index (χ0v) is 24.2. The van der Waals surface area contributed by atoms with E-state index in [9.17, 15) is 9.59 Å². The lowest BCUT2D eigenvalue weighted by Gasteiger charge is -2.13. The summed E-state index contributed by atoms with van der Waals surface area (Å²) < 4.78 is 0. The first-order valence-corrected chi connectivity index (χ1v) is 13.6. The van der Waals surface area contributed by atoms with Crippen molar-refractivity contribution in [2.45, 2.75) is 79.5 Å². The molecule has 1 fully saturated rings. The highest BCUT2D eigenvalue weighted by Crippen LogP contribution is 2.11. The Balaban J connectivity index is -0.000000407. The summed E-state index contributed by atoms with van der Waals surface area (Å²) >= 11 is 2.97. The topological polar surface area (TPSA) is 122 Å². The lowest BCUT2D eigenvalue weighted by molar-refractivity contribution is -0.124. The number of alkyl halides is 1. The van der Waals surface area contributed by atoms with E-state index in [0.29, 0.717) is 11.9 Å². The number of carbonyl (C=O) groups excluding carboxylic acids is 2. The van der Waals surface area contributed by atoms with E-state index in [-0.39, 0.29) is 18.6 Å². The van der Waals surface area contributed by atoms with Crippen molar-refractivity contribution in [3.8, 4) is 0 Å². The Morgan fingerprint density at radius 2 is 1.54 bits per heavy atom. The van der Waals surface area contributed by atoms with Gasteiger partial charge in [-0.25, -0.2) is 0 Å². The second-order valence-electron chi connectivity index (χ2n) is 7.77. The predicted molar refractivity (Wildman–Crippen MR) is 149 cm³/mol. The van der Waals surface area contributed by atoms with Crippen LogP contribution in [0.25, 0.3) is 0 Å². The Labute approximate surface area is 221 Å². The maximum absolute atomic E-state index is 10.4. The molecule has 0 aromatic heterocycles. The van der Waals surface area contributed by atoms with E-state index in [1.807, 2.05) is 13.8 Å². The van der Waals surface area contributed by atoms with Crippen molar-refractivity contribution in [3.63, 3.8) is 0 Å². The van der Waals surface area contributed by atoms with Gasteiger partial charge in [0.2, 0.25) is 11.8 Å². The Hall–Kier alpha value is -1.52. The molecule has 8 nitrogen and oxygen atoms in total. The molecule has 2 rings (SSSR count). The number of nitrogens with zero attached hydrogens (tertiary/aromatic N) is 1. The number of carbonyl (C=O) groups is 2. The van der Waals surface area contributed by atoms with Gasteiger partial charge in [0.25, 0.3) is 0 Å². The molecule has 0 saturated carbocycles. The largest absolute Gasteiger partial charge is 0.394 e. The van der Waals surface area contributed by atoms with Gasteiger partial charge in [-0.1, -0.05) is 80.4 Å². The van der Waals surface area contributed by atoms with Crippen LogP contribution in [0, 0.1) is 0 Å². The molecule has 1 unspecified atom stereocenters. The minimum absolute atomic E-state index is 0.101. The molecule has 1 saturated heterocycles. The van der Waals surface area contributed by atoms with Gasteiger partial charge in [0.15, 0.2) is 0 Å². The van der Waals surface area contributed by atoms with E-state index >= 15 is 0 Å². The van der Waals surface area contributed by atoms with Gasteiger partial charge < -0.3 is 26.0 Å². The number of hydrogen-bond donors (Lipinski definition) is 5. The van der Waals surface area contributed by atoms with Crippen LogP contribution >= 0.6 is 15.9 Å². The number of nitrogens with one attached hydrogen (secondary N) is 2. The third-order valence-corrected chi connectivity index (χ3v) is 4.50. The molecule has 5 N–H and O–H groups in total. The molecule has 0 aliphatic carbocycles. The second kappa shape index (κ2) is 28.7. The van der Waals surface area contributed by atoms with Gasteiger partial charge in [-0.3, -0.25) is 14.5 Å². The van der Waals surface area contributed by atoms with Crippen molar-refractivity contribution >= 4 is 27.7 Å². The molecule has 9 heteroatoms. The quantitative estimate of drug-likeness (QED) is 0.310. The Morgan fingerprint density at radius 1 is 1.03 bits per heavy atom. The predicted octanol–water partition coefficient (Wildman–Crippen LogP) is 3.08. The summed E-state index contributed by atoms with van der Waals surface area (Å²) in [6, 6.07) is 10.4. The molecule has 0 spiro atoms. The van der Waals surface area contributed by atoms with Gasteiger partial charge in [0, 0.05) is 19.1 Å². The molecule has 206 valence electrons. The molecule has 1 aromatic rings. The van der Waals surface area contributed by atoms with Gasteiger partial charge in [0.05, 0.1) is 18.0 Å².